The lowest BCUT2D eigenvalue weighted by Crippen LogP contribution is -2.41. The minimum Gasteiger partial charge on any atom is -0.490 e. The second-order valence-corrected chi connectivity index (χ2v) is 9.27. The van der Waals surface area contributed by atoms with Crippen LogP contribution in [0.5, 0.6) is 11.5 Å². The predicted octanol–water partition coefficient (Wildman–Crippen LogP) is 3.76. The average Bonchev–Trinajstić information content (AvgIpc) is 3.09. The average molecular weight is 562 g/mol. The first-order valence-corrected chi connectivity index (χ1v) is 12.8. The van der Waals surface area contributed by atoms with Crippen molar-refractivity contribution in [3.8, 4) is 11.5 Å². The van der Waals surface area contributed by atoms with Crippen LogP contribution in [-0.2, 0) is 31.2 Å². The van der Waals surface area contributed by atoms with Crippen LogP contribution in [0.3, 0.4) is 0 Å². The van der Waals surface area contributed by atoms with E-state index in [9.17, 15) is 27.9 Å². The van der Waals surface area contributed by atoms with Crippen LogP contribution in [0.4, 0.5) is 19.0 Å². The van der Waals surface area contributed by atoms with Crippen molar-refractivity contribution in [3.05, 3.63) is 86.6 Å². The van der Waals surface area contributed by atoms with Gasteiger partial charge in [0.1, 0.15) is 30.5 Å². The van der Waals surface area contributed by atoms with Crippen molar-refractivity contribution in [2.45, 2.75) is 38.6 Å². The highest BCUT2D eigenvalue weighted by Gasteiger charge is 2.31. The molecule has 1 aromatic heterocycles. The summed E-state index contributed by atoms with van der Waals surface area (Å²) in [6.07, 6.45) is -3.05. The molecule has 2 aromatic carbocycles. The molecule has 0 fully saturated rings. The first kappa shape index (κ1) is 28.9. The zero-order valence-corrected chi connectivity index (χ0v) is 21.9. The van der Waals surface area contributed by atoms with Crippen LogP contribution in [0.25, 0.3) is 0 Å². The van der Waals surface area contributed by atoms with Gasteiger partial charge in [-0.15, -0.1) is 13.2 Å². The molecule has 9 nitrogen and oxygen atoms in total. The number of rotatable bonds is 10. The van der Waals surface area contributed by atoms with Crippen LogP contribution in [0.15, 0.2) is 69.2 Å². The lowest BCUT2D eigenvalue weighted by molar-refractivity contribution is -0.274. The third-order valence-corrected chi connectivity index (χ3v) is 6.42. The smallest absolute Gasteiger partial charge is 0.490 e. The Labute approximate surface area is 228 Å². The van der Waals surface area contributed by atoms with Gasteiger partial charge in [-0.25, -0.2) is 4.79 Å². The van der Waals surface area contributed by atoms with Crippen LogP contribution >= 0.6 is 0 Å². The number of aliphatic hydroxyl groups excluding tert-OH is 1. The third kappa shape index (κ3) is 7.32. The summed E-state index contributed by atoms with van der Waals surface area (Å²) < 4.78 is 55.5. The SMILES string of the molecule is Cn1c2c(c(=O)n(CCCO)c1=O)CCC(Cc1ccccc1)C(OCCOc1cccc(OC(F)(F)F)c1)=N2. The van der Waals surface area contributed by atoms with E-state index in [1.165, 1.54) is 29.8 Å². The predicted molar refractivity (Wildman–Crippen MR) is 141 cm³/mol. The van der Waals surface area contributed by atoms with Gasteiger partial charge in [0.15, 0.2) is 5.90 Å². The van der Waals surface area contributed by atoms with Gasteiger partial charge in [0.2, 0.25) is 0 Å². The summed E-state index contributed by atoms with van der Waals surface area (Å²) in [6, 6.07) is 14.9. The van der Waals surface area contributed by atoms with Crippen molar-refractivity contribution >= 4 is 11.7 Å². The molecule has 40 heavy (non-hydrogen) atoms. The molecular formula is C28H30F3N3O6. The normalized spacial score (nSPS) is 15.1. The fourth-order valence-electron chi connectivity index (χ4n) is 4.55. The molecule has 0 spiro atoms. The minimum atomic E-state index is -4.81. The molecule has 12 heteroatoms. The molecule has 0 aliphatic carbocycles. The fraction of sp³-hybridized carbons (Fsp3) is 0.393. The van der Waals surface area contributed by atoms with Crippen LogP contribution in [0, 0.1) is 5.92 Å². The van der Waals surface area contributed by atoms with E-state index in [1.54, 1.807) is 0 Å². The maximum absolute atomic E-state index is 13.2. The number of alkyl halides is 3. The van der Waals surface area contributed by atoms with Crippen molar-refractivity contribution in [1.29, 1.82) is 0 Å². The summed E-state index contributed by atoms with van der Waals surface area (Å²) in [5, 5.41) is 9.18. The van der Waals surface area contributed by atoms with Crippen LogP contribution in [0.1, 0.15) is 24.0 Å². The lowest BCUT2D eigenvalue weighted by Gasteiger charge is -2.18. The summed E-state index contributed by atoms with van der Waals surface area (Å²) in [6.45, 7) is -0.0293. The Kier molecular flexibility index (Phi) is 9.30. The number of hydrogen-bond acceptors (Lipinski definition) is 7. The zero-order valence-electron chi connectivity index (χ0n) is 21.9. The number of aromatic nitrogens is 2. The monoisotopic (exact) mass is 561 g/mol. The van der Waals surface area contributed by atoms with Crippen LogP contribution in [0.2, 0.25) is 0 Å². The molecule has 3 aromatic rings. The molecular weight excluding hydrogens is 531 g/mol. The van der Waals surface area contributed by atoms with E-state index < -0.39 is 23.4 Å². The van der Waals surface area contributed by atoms with Crippen molar-refractivity contribution in [2.75, 3.05) is 19.8 Å². The largest absolute Gasteiger partial charge is 0.573 e. The second-order valence-electron chi connectivity index (χ2n) is 9.27. The van der Waals surface area contributed by atoms with Gasteiger partial charge in [0.25, 0.3) is 5.56 Å². The van der Waals surface area contributed by atoms with E-state index in [4.69, 9.17) is 9.47 Å². The summed E-state index contributed by atoms with van der Waals surface area (Å²) >= 11 is 0. The van der Waals surface area contributed by atoms with Gasteiger partial charge in [0, 0.05) is 32.2 Å². The van der Waals surface area contributed by atoms with Gasteiger partial charge in [-0.1, -0.05) is 36.4 Å². The maximum Gasteiger partial charge on any atom is 0.573 e. The molecule has 214 valence electrons. The van der Waals surface area contributed by atoms with E-state index in [0.29, 0.717) is 30.7 Å². The minimum absolute atomic E-state index is 0.00108. The summed E-state index contributed by atoms with van der Waals surface area (Å²) in [4.78, 5) is 30.8. The number of nitrogens with zero attached hydrogens (tertiary/aromatic N) is 3. The molecule has 0 saturated heterocycles. The zero-order chi connectivity index (χ0) is 28.7. The van der Waals surface area contributed by atoms with Crippen molar-refractivity contribution < 1.29 is 32.5 Å². The van der Waals surface area contributed by atoms with E-state index in [1.807, 2.05) is 30.3 Å². The number of aliphatic hydroxyl groups is 1. The van der Waals surface area contributed by atoms with Gasteiger partial charge in [-0.05, 0) is 43.4 Å². The van der Waals surface area contributed by atoms with Crippen LogP contribution in [-0.4, -0.2) is 46.3 Å². The van der Waals surface area contributed by atoms with Crippen molar-refractivity contribution in [1.82, 2.24) is 9.13 Å². The highest BCUT2D eigenvalue weighted by atomic mass is 19.4. The van der Waals surface area contributed by atoms with Gasteiger partial charge in [-0.2, -0.15) is 4.99 Å². The maximum atomic E-state index is 13.2. The summed E-state index contributed by atoms with van der Waals surface area (Å²) in [5.74, 6) is 0.120. The van der Waals surface area contributed by atoms with Gasteiger partial charge in [0.05, 0.1) is 5.56 Å². The Morgan fingerprint density at radius 1 is 1.02 bits per heavy atom. The second kappa shape index (κ2) is 12.9. The number of aliphatic imine (C=N–C) groups is 1. The highest BCUT2D eigenvalue weighted by Crippen LogP contribution is 2.28. The number of ether oxygens (including phenoxy) is 3. The van der Waals surface area contributed by atoms with E-state index in [2.05, 4.69) is 9.73 Å². The first-order valence-electron chi connectivity index (χ1n) is 12.8. The van der Waals surface area contributed by atoms with Crippen LogP contribution < -0.4 is 20.7 Å². The molecule has 1 unspecified atom stereocenters. The molecule has 1 aliphatic rings. The topological polar surface area (TPSA) is 104 Å². The molecule has 0 saturated carbocycles. The quantitative estimate of drug-likeness (QED) is 0.378. The number of benzene rings is 2. The summed E-state index contributed by atoms with van der Waals surface area (Å²) in [5.41, 5.74) is 0.474. The molecule has 2 heterocycles. The standard InChI is InChI=1S/C28H30F3N3O6/c1-33-24-23(26(36)34(27(33)37)13-6-14-35)12-11-20(17-19-7-3-2-4-8-19)25(32-24)39-16-15-38-21-9-5-10-22(18-21)40-28(29,30)31/h2-5,7-10,18,20,35H,6,11-17H2,1H3. The highest BCUT2D eigenvalue weighted by molar-refractivity contribution is 5.82. The number of hydrogen-bond donors (Lipinski definition) is 1. The molecule has 1 atom stereocenters. The fourth-order valence-corrected chi connectivity index (χ4v) is 4.55. The van der Waals surface area contributed by atoms with E-state index >= 15 is 0 Å². The van der Waals surface area contributed by atoms with E-state index in [0.717, 1.165) is 16.2 Å². The molecule has 1 N–H and O–H groups in total. The Hall–Kier alpha value is -4.06. The van der Waals surface area contributed by atoms with Crippen molar-refractivity contribution in [2.24, 2.45) is 18.0 Å². The lowest BCUT2D eigenvalue weighted by atomic mass is 9.93. The molecule has 0 amide bonds. The third-order valence-electron chi connectivity index (χ3n) is 6.42. The van der Waals surface area contributed by atoms with E-state index in [-0.39, 0.29) is 50.3 Å². The number of fused-ring (bicyclic) bond motifs is 1. The molecule has 0 radical (unpaired) electrons. The Morgan fingerprint density at radius 3 is 2.48 bits per heavy atom. The molecule has 0 bridgehead atoms. The molecule has 4 rings (SSSR count). The Balaban J connectivity index is 1.56. The summed E-state index contributed by atoms with van der Waals surface area (Å²) in [7, 11) is 1.54. The van der Waals surface area contributed by atoms with Gasteiger partial charge < -0.3 is 19.3 Å². The van der Waals surface area contributed by atoms with Gasteiger partial charge >= 0.3 is 12.1 Å². The van der Waals surface area contributed by atoms with Gasteiger partial charge in [-0.3, -0.25) is 13.9 Å². The first-order chi connectivity index (χ1) is 19.2. The molecule has 1 aliphatic heterocycles. The Morgan fingerprint density at radius 2 is 1.75 bits per heavy atom. The van der Waals surface area contributed by atoms with Crippen molar-refractivity contribution in [3.63, 3.8) is 0 Å². The Bertz CT molecular complexity index is 1450. The number of halogens is 3.